The van der Waals surface area contributed by atoms with Gasteiger partial charge in [-0.3, -0.25) is 14.4 Å². The minimum atomic E-state index is -0.449. The molecule has 9 nitrogen and oxygen atoms in total. The minimum Gasteiger partial charge on any atom is -0.389 e. The van der Waals surface area contributed by atoms with Gasteiger partial charge < -0.3 is 26.4 Å². The summed E-state index contributed by atoms with van der Waals surface area (Å²) < 4.78 is 0. The predicted molar refractivity (Wildman–Crippen MR) is 182 cm³/mol. The molecule has 1 aliphatic carbocycles. The number of hydrogen-bond acceptors (Lipinski definition) is 6. The maximum absolute atomic E-state index is 12.3. The molecule has 5 N–H and O–H groups in total. The molecule has 2 aliphatic heterocycles. The number of hydrogen-bond donors (Lipinski definition) is 5. The topological polar surface area (TPSA) is 137 Å². The standard InChI is InChI=1S/C35H56N4O5S/c1-2-3-7-14-27(40)21-19-26-20-22-30(41)28(26)15-8-4-5-9-17-32(42)36-23-12-6-13-24-37-33(43)18-11-10-16-31-34-29(25-45-31)38-35(44)39-34/h4,8,19-22,26-29,31,34,40H,2-3,5-7,9-18,23-25H2,1H3,(H,36,42)(H,37,43)(H2,38,39,44)/b8-4-,21-19+/t26-,27-,28+,29-,31+,34-/m0/s1. The highest BCUT2D eigenvalue weighted by Gasteiger charge is 2.42. The summed E-state index contributed by atoms with van der Waals surface area (Å²) in [6.07, 6.45) is 24.0. The fraction of sp³-hybridized carbons (Fsp3) is 0.714. The second kappa shape index (κ2) is 21.3. The highest BCUT2D eigenvalue weighted by Crippen LogP contribution is 2.33. The van der Waals surface area contributed by atoms with E-state index in [4.69, 9.17) is 0 Å². The first-order chi connectivity index (χ1) is 21.9. The summed E-state index contributed by atoms with van der Waals surface area (Å²) in [5.74, 6) is 1.19. The van der Waals surface area contributed by atoms with Crippen LogP contribution in [0, 0.1) is 11.8 Å². The first-order valence-corrected chi connectivity index (χ1v) is 18.4. The second-order valence-electron chi connectivity index (χ2n) is 12.6. The molecule has 0 spiro atoms. The van der Waals surface area contributed by atoms with E-state index in [2.05, 4.69) is 34.3 Å². The first kappa shape index (κ1) is 36.9. The molecule has 45 heavy (non-hydrogen) atoms. The molecule has 2 heterocycles. The van der Waals surface area contributed by atoms with Crippen molar-refractivity contribution in [2.24, 2.45) is 11.8 Å². The number of rotatable bonds is 23. The summed E-state index contributed by atoms with van der Waals surface area (Å²) >= 11 is 1.91. The van der Waals surface area contributed by atoms with Crippen LogP contribution < -0.4 is 21.3 Å². The van der Waals surface area contributed by atoms with E-state index in [0.717, 1.165) is 82.8 Å². The van der Waals surface area contributed by atoms with Crippen molar-refractivity contribution < 1.29 is 24.3 Å². The van der Waals surface area contributed by atoms with E-state index in [0.29, 0.717) is 37.6 Å². The Hall–Kier alpha value is -2.59. The highest BCUT2D eigenvalue weighted by atomic mass is 32.2. The number of urea groups is 1. The van der Waals surface area contributed by atoms with E-state index in [1.54, 1.807) is 6.08 Å². The molecular formula is C35H56N4O5S. The molecule has 252 valence electrons. The van der Waals surface area contributed by atoms with Crippen LogP contribution in [0.3, 0.4) is 0 Å². The number of fused-ring (bicyclic) bond motifs is 1. The first-order valence-electron chi connectivity index (χ1n) is 17.3. The number of amides is 4. The molecule has 4 amide bonds. The predicted octanol–water partition coefficient (Wildman–Crippen LogP) is 5.10. The van der Waals surface area contributed by atoms with Crippen molar-refractivity contribution in [2.75, 3.05) is 18.8 Å². The van der Waals surface area contributed by atoms with Crippen molar-refractivity contribution in [3.63, 3.8) is 0 Å². The zero-order valence-corrected chi connectivity index (χ0v) is 28.0. The number of thioether (sulfide) groups is 1. The van der Waals surface area contributed by atoms with E-state index in [-0.39, 0.29) is 47.5 Å². The number of ketones is 1. The number of aliphatic hydroxyl groups is 1. The van der Waals surface area contributed by atoms with Crippen LogP contribution in [0.2, 0.25) is 0 Å². The smallest absolute Gasteiger partial charge is 0.315 e. The average Bonchev–Trinajstić information content (AvgIpc) is 3.69. The lowest BCUT2D eigenvalue weighted by atomic mass is 9.90. The van der Waals surface area contributed by atoms with Crippen LogP contribution in [0.25, 0.3) is 0 Å². The molecule has 0 bridgehead atoms. The van der Waals surface area contributed by atoms with Crippen molar-refractivity contribution in [3.8, 4) is 0 Å². The number of carbonyl (C=O) groups excluding carboxylic acids is 4. The van der Waals surface area contributed by atoms with Crippen LogP contribution in [-0.2, 0) is 14.4 Å². The van der Waals surface area contributed by atoms with Gasteiger partial charge in [0.25, 0.3) is 0 Å². The van der Waals surface area contributed by atoms with Crippen molar-refractivity contribution in [3.05, 3.63) is 36.5 Å². The Labute approximate surface area is 274 Å². The lowest BCUT2D eigenvalue weighted by Gasteiger charge is -2.16. The molecule has 2 saturated heterocycles. The van der Waals surface area contributed by atoms with Gasteiger partial charge in [-0.1, -0.05) is 63.0 Å². The summed E-state index contributed by atoms with van der Waals surface area (Å²) in [4.78, 5) is 48.0. The molecule has 6 atom stereocenters. The third kappa shape index (κ3) is 14.2. The van der Waals surface area contributed by atoms with Crippen LogP contribution in [0.1, 0.15) is 103 Å². The Morgan fingerprint density at radius 1 is 0.978 bits per heavy atom. The largest absolute Gasteiger partial charge is 0.389 e. The van der Waals surface area contributed by atoms with Crippen molar-refractivity contribution in [1.82, 2.24) is 21.3 Å². The molecule has 0 saturated carbocycles. The zero-order valence-electron chi connectivity index (χ0n) is 27.1. The van der Waals surface area contributed by atoms with Gasteiger partial charge in [0.1, 0.15) is 0 Å². The average molecular weight is 645 g/mol. The van der Waals surface area contributed by atoms with Gasteiger partial charge in [-0.25, -0.2) is 4.79 Å². The van der Waals surface area contributed by atoms with E-state index in [9.17, 15) is 24.3 Å². The summed E-state index contributed by atoms with van der Waals surface area (Å²) in [7, 11) is 0. The third-order valence-corrected chi connectivity index (χ3v) is 10.4. The molecule has 0 aromatic rings. The lowest BCUT2D eigenvalue weighted by molar-refractivity contribution is -0.121. The molecule has 3 rings (SSSR count). The molecule has 0 aromatic heterocycles. The monoisotopic (exact) mass is 644 g/mol. The fourth-order valence-electron chi connectivity index (χ4n) is 6.16. The van der Waals surface area contributed by atoms with Crippen molar-refractivity contribution in [1.29, 1.82) is 0 Å². The van der Waals surface area contributed by atoms with Gasteiger partial charge in [0.2, 0.25) is 11.8 Å². The Balaban J connectivity index is 1.11. The summed E-state index contributed by atoms with van der Waals surface area (Å²) in [6, 6.07) is 0.422. The molecule has 0 radical (unpaired) electrons. The summed E-state index contributed by atoms with van der Waals surface area (Å²) in [5, 5.41) is 22.5. The van der Waals surface area contributed by atoms with E-state index >= 15 is 0 Å². The number of nitrogens with one attached hydrogen (secondary N) is 4. The van der Waals surface area contributed by atoms with E-state index in [1.807, 2.05) is 36.1 Å². The second-order valence-corrected chi connectivity index (χ2v) is 13.9. The summed E-state index contributed by atoms with van der Waals surface area (Å²) in [6.45, 7) is 3.46. The van der Waals surface area contributed by atoms with Gasteiger partial charge in [-0.05, 0) is 63.9 Å². The maximum Gasteiger partial charge on any atom is 0.315 e. The van der Waals surface area contributed by atoms with Crippen LogP contribution in [0.15, 0.2) is 36.5 Å². The van der Waals surface area contributed by atoms with Gasteiger partial charge in [0.15, 0.2) is 5.78 Å². The van der Waals surface area contributed by atoms with Crippen LogP contribution >= 0.6 is 11.8 Å². The van der Waals surface area contributed by atoms with Gasteiger partial charge in [-0.2, -0.15) is 11.8 Å². The van der Waals surface area contributed by atoms with Crippen molar-refractivity contribution in [2.45, 2.75) is 127 Å². The number of allylic oxidation sites excluding steroid dienone is 5. The SMILES string of the molecule is CCCCC[C@H](O)/C=C/[C@H]1C=CC(=O)[C@@H]1C/C=C\CCCC(=O)NCCCCCNC(=O)CCCC[C@H]1SC[C@@H]2NC(=O)N[C@@H]21. The lowest BCUT2D eigenvalue weighted by Crippen LogP contribution is -2.36. The van der Waals surface area contributed by atoms with Gasteiger partial charge >= 0.3 is 6.03 Å². The van der Waals surface area contributed by atoms with E-state index < -0.39 is 6.10 Å². The van der Waals surface area contributed by atoms with Crippen LogP contribution in [-0.4, -0.2) is 71.0 Å². The molecule has 10 heteroatoms. The molecule has 2 fully saturated rings. The third-order valence-electron chi connectivity index (χ3n) is 8.88. The normalized spacial score (nSPS) is 24.7. The van der Waals surface area contributed by atoms with Crippen LogP contribution in [0.5, 0.6) is 0 Å². The molecular weight excluding hydrogens is 588 g/mol. The van der Waals surface area contributed by atoms with Gasteiger partial charge in [-0.15, -0.1) is 0 Å². The fourth-order valence-corrected chi connectivity index (χ4v) is 7.70. The summed E-state index contributed by atoms with van der Waals surface area (Å²) in [5.41, 5.74) is 0. The quantitative estimate of drug-likeness (QED) is 0.0597. The molecule has 3 aliphatic rings. The Morgan fingerprint density at radius 2 is 1.73 bits per heavy atom. The zero-order chi connectivity index (χ0) is 32.3. The Morgan fingerprint density at radius 3 is 2.49 bits per heavy atom. The van der Waals surface area contributed by atoms with Gasteiger partial charge in [0, 0.05) is 48.8 Å². The molecule has 0 unspecified atom stereocenters. The highest BCUT2D eigenvalue weighted by molar-refractivity contribution is 8.00. The number of aliphatic hydroxyl groups excluding tert-OH is 1. The van der Waals surface area contributed by atoms with E-state index in [1.165, 1.54) is 0 Å². The Kier molecular flexibility index (Phi) is 17.4. The number of carbonyl (C=O) groups is 4. The maximum atomic E-state index is 12.3. The Bertz CT molecular complexity index is 1030. The van der Waals surface area contributed by atoms with Gasteiger partial charge in [0.05, 0.1) is 18.2 Å². The van der Waals surface area contributed by atoms with Crippen LogP contribution in [0.4, 0.5) is 4.79 Å². The molecule has 0 aromatic carbocycles. The van der Waals surface area contributed by atoms with Crippen molar-refractivity contribution >= 4 is 35.4 Å². The minimum absolute atomic E-state index is 0.0344. The number of unbranched alkanes of at least 4 members (excludes halogenated alkanes) is 6.